The van der Waals surface area contributed by atoms with Crippen LogP contribution >= 0.6 is 0 Å². The second-order valence-electron chi connectivity index (χ2n) is 9.54. The number of benzene rings is 1. The van der Waals surface area contributed by atoms with E-state index in [-0.39, 0.29) is 23.1 Å². The normalized spacial score (nSPS) is 25.6. The molecule has 162 valence electrons. The number of carbonyl (C=O) groups excluding carboxylic acids is 3. The van der Waals surface area contributed by atoms with E-state index < -0.39 is 5.41 Å². The van der Waals surface area contributed by atoms with Crippen molar-refractivity contribution in [2.24, 2.45) is 10.8 Å². The van der Waals surface area contributed by atoms with Gasteiger partial charge in [0, 0.05) is 57.2 Å². The zero-order chi connectivity index (χ0) is 21.7. The third-order valence-electron chi connectivity index (χ3n) is 7.78. The predicted octanol–water partition coefficient (Wildman–Crippen LogP) is 2.63. The van der Waals surface area contributed by atoms with Crippen molar-refractivity contribution in [3.63, 3.8) is 0 Å². The molecule has 6 nitrogen and oxygen atoms in total. The molecule has 6 heteroatoms. The maximum atomic E-state index is 13.4. The van der Waals surface area contributed by atoms with Gasteiger partial charge in [0.15, 0.2) is 0 Å². The summed E-state index contributed by atoms with van der Waals surface area (Å²) in [6, 6.07) is 5.98. The Morgan fingerprint density at radius 3 is 2.10 bits per heavy atom. The van der Waals surface area contributed by atoms with Gasteiger partial charge in [-0.1, -0.05) is 17.2 Å². The molecule has 0 radical (unpaired) electrons. The van der Waals surface area contributed by atoms with E-state index in [1.165, 1.54) is 0 Å². The fourth-order valence-corrected chi connectivity index (χ4v) is 6.12. The second-order valence-corrected chi connectivity index (χ2v) is 9.54. The van der Waals surface area contributed by atoms with Crippen molar-refractivity contribution < 1.29 is 14.4 Å². The number of carbonyl (C=O) groups is 3. The lowest BCUT2D eigenvalue weighted by atomic mass is 9.60. The Labute approximate surface area is 179 Å². The molecule has 3 fully saturated rings. The van der Waals surface area contributed by atoms with E-state index in [0.717, 1.165) is 42.5 Å². The number of hydrogen-bond donors (Lipinski definition) is 0. The van der Waals surface area contributed by atoms with E-state index >= 15 is 0 Å². The van der Waals surface area contributed by atoms with Gasteiger partial charge >= 0.3 is 0 Å². The number of likely N-dealkylation sites (tertiary alicyclic amines) is 3. The first-order valence-electron chi connectivity index (χ1n) is 11.1. The first-order valence-corrected chi connectivity index (χ1v) is 11.1. The Bertz CT molecular complexity index is 867. The zero-order valence-corrected chi connectivity index (χ0v) is 18.7. The van der Waals surface area contributed by atoms with Crippen molar-refractivity contribution in [1.82, 2.24) is 14.7 Å². The van der Waals surface area contributed by atoms with Crippen molar-refractivity contribution in [2.45, 2.75) is 47.0 Å². The van der Waals surface area contributed by atoms with Gasteiger partial charge in [-0.25, -0.2) is 0 Å². The molecule has 0 saturated carbocycles. The maximum absolute atomic E-state index is 13.4. The summed E-state index contributed by atoms with van der Waals surface area (Å²) < 4.78 is 0. The Hall–Kier alpha value is -2.37. The van der Waals surface area contributed by atoms with E-state index in [1.54, 1.807) is 6.92 Å². The Morgan fingerprint density at radius 1 is 0.933 bits per heavy atom. The standard InChI is InChI=1S/C24H33N3O3/c1-5-25-11-8-24(22(25)30)16-27(19(4)28)15-23(24)6-9-26(10-7-23)21(29)20-13-17(2)12-18(3)14-20/h12-14H,5-11,15-16H2,1-4H3. The van der Waals surface area contributed by atoms with Crippen LogP contribution in [0.15, 0.2) is 18.2 Å². The minimum atomic E-state index is -0.482. The molecule has 1 aromatic rings. The molecular formula is C24H33N3O3. The fourth-order valence-electron chi connectivity index (χ4n) is 6.12. The Balaban J connectivity index is 1.57. The largest absolute Gasteiger partial charge is 0.342 e. The van der Waals surface area contributed by atoms with Crippen LogP contribution in [0.4, 0.5) is 0 Å². The van der Waals surface area contributed by atoms with Gasteiger partial charge in [0.2, 0.25) is 11.8 Å². The number of fused-ring (bicyclic) bond motifs is 1. The molecule has 3 heterocycles. The predicted molar refractivity (Wildman–Crippen MR) is 115 cm³/mol. The molecule has 0 N–H and O–H groups in total. The Morgan fingerprint density at radius 2 is 1.57 bits per heavy atom. The van der Waals surface area contributed by atoms with E-state index in [1.807, 2.05) is 47.6 Å². The van der Waals surface area contributed by atoms with Gasteiger partial charge in [-0.05, 0) is 52.2 Å². The molecule has 1 atom stereocenters. The summed E-state index contributed by atoms with van der Waals surface area (Å²) in [5.41, 5.74) is 2.22. The molecule has 2 spiro atoms. The van der Waals surface area contributed by atoms with Gasteiger partial charge in [-0.15, -0.1) is 0 Å². The lowest BCUT2D eigenvalue weighted by Gasteiger charge is -2.46. The molecule has 1 aromatic carbocycles. The summed E-state index contributed by atoms with van der Waals surface area (Å²) in [5.74, 6) is 0.325. The van der Waals surface area contributed by atoms with Crippen LogP contribution in [0.2, 0.25) is 0 Å². The van der Waals surface area contributed by atoms with Gasteiger partial charge in [-0.2, -0.15) is 0 Å². The summed E-state index contributed by atoms with van der Waals surface area (Å²) >= 11 is 0. The summed E-state index contributed by atoms with van der Waals surface area (Å²) in [7, 11) is 0. The quantitative estimate of drug-likeness (QED) is 0.752. The molecule has 4 rings (SSSR count). The maximum Gasteiger partial charge on any atom is 0.253 e. The first kappa shape index (κ1) is 20.9. The van der Waals surface area contributed by atoms with Crippen molar-refractivity contribution >= 4 is 17.7 Å². The van der Waals surface area contributed by atoms with Crippen LogP contribution in [0.1, 0.15) is 54.6 Å². The number of piperidine rings is 1. The van der Waals surface area contributed by atoms with Gasteiger partial charge < -0.3 is 14.7 Å². The van der Waals surface area contributed by atoms with Crippen LogP contribution in [0.5, 0.6) is 0 Å². The van der Waals surface area contributed by atoms with Crippen molar-refractivity contribution in [3.05, 3.63) is 34.9 Å². The minimum absolute atomic E-state index is 0.0442. The summed E-state index contributed by atoms with van der Waals surface area (Å²) in [6.45, 7) is 11.6. The van der Waals surface area contributed by atoms with Crippen LogP contribution in [0.25, 0.3) is 0 Å². The van der Waals surface area contributed by atoms with E-state index in [9.17, 15) is 14.4 Å². The first-order chi connectivity index (χ1) is 14.2. The van der Waals surface area contributed by atoms with Gasteiger partial charge in [0.25, 0.3) is 5.91 Å². The number of rotatable bonds is 2. The zero-order valence-electron chi connectivity index (χ0n) is 18.7. The van der Waals surface area contributed by atoms with Crippen molar-refractivity contribution in [3.8, 4) is 0 Å². The molecule has 1 unspecified atom stereocenters. The molecule has 0 aromatic heterocycles. The highest BCUT2D eigenvalue weighted by Gasteiger charge is 2.65. The van der Waals surface area contributed by atoms with Crippen molar-refractivity contribution in [1.29, 1.82) is 0 Å². The van der Waals surface area contributed by atoms with E-state index in [0.29, 0.717) is 32.7 Å². The van der Waals surface area contributed by atoms with Crippen LogP contribution in [0, 0.1) is 24.7 Å². The van der Waals surface area contributed by atoms with Crippen LogP contribution < -0.4 is 0 Å². The minimum Gasteiger partial charge on any atom is -0.342 e. The molecule has 0 bridgehead atoms. The molecule has 3 saturated heterocycles. The molecule has 0 aliphatic carbocycles. The van der Waals surface area contributed by atoms with Gasteiger partial charge in [-0.3, -0.25) is 14.4 Å². The van der Waals surface area contributed by atoms with Gasteiger partial charge in [0.1, 0.15) is 0 Å². The second kappa shape index (κ2) is 7.40. The van der Waals surface area contributed by atoms with Crippen LogP contribution in [-0.2, 0) is 9.59 Å². The van der Waals surface area contributed by atoms with Crippen molar-refractivity contribution in [2.75, 3.05) is 39.3 Å². The van der Waals surface area contributed by atoms with E-state index in [4.69, 9.17) is 0 Å². The summed E-state index contributed by atoms with van der Waals surface area (Å²) in [4.78, 5) is 44.5. The van der Waals surface area contributed by atoms with Crippen LogP contribution in [0.3, 0.4) is 0 Å². The number of hydrogen-bond acceptors (Lipinski definition) is 3. The SMILES string of the molecule is CCN1CCC2(CN(C(C)=O)CC23CCN(C(=O)c2cc(C)cc(C)c2)CC3)C1=O. The number of amides is 3. The molecule has 30 heavy (non-hydrogen) atoms. The highest BCUT2D eigenvalue weighted by atomic mass is 16.2. The van der Waals surface area contributed by atoms with Gasteiger partial charge in [0.05, 0.1) is 5.41 Å². The number of nitrogens with zero attached hydrogens (tertiary/aromatic N) is 3. The molecular weight excluding hydrogens is 378 g/mol. The fraction of sp³-hybridized carbons (Fsp3) is 0.625. The number of aryl methyl sites for hydroxylation is 2. The summed E-state index contributed by atoms with van der Waals surface area (Å²) in [5, 5.41) is 0. The lowest BCUT2D eigenvalue weighted by molar-refractivity contribution is -0.141. The Kier molecular flexibility index (Phi) is 5.15. The highest BCUT2D eigenvalue weighted by molar-refractivity contribution is 5.95. The summed E-state index contributed by atoms with van der Waals surface area (Å²) in [6.07, 6.45) is 2.36. The average Bonchev–Trinajstić information content (AvgIpc) is 3.20. The third kappa shape index (κ3) is 3.12. The third-order valence-corrected chi connectivity index (χ3v) is 7.78. The lowest BCUT2D eigenvalue weighted by Crippen LogP contribution is -2.53. The monoisotopic (exact) mass is 411 g/mol. The van der Waals surface area contributed by atoms with Crippen LogP contribution in [-0.4, -0.2) is 71.7 Å². The topological polar surface area (TPSA) is 60.9 Å². The highest BCUT2D eigenvalue weighted by Crippen LogP contribution is 2.57. The average molecular weight is 412 g/mol. The molecule has 3 amide bonds. The van der Waals surface area contributed by atoms with E-state index in [2.05, 4.69) is 6.07 Å². The molecule has 3 aliphatic heterocycles. The smallest absolute Gasteiger partial charge is 0.253 e. The molecule has 3 aliphatic rings.